The van der Waals surface area contributed by atoms with E-state index >= 15 is 0 Å². The first-order valence-electron chi connectivity index (χ1n) is 6.59. The van der Waals surface area contributed by atoms with E-state index in [0.29, 0.717) is 22.8 Å². The van der Waals surface area contributed by atoms with Crippen LogP contribution in [-0.2, 0) is 6.42 Å². The van der Waals surface area contributed by atoms with Gasteiger partial charge in [-0.2, -0.15) is 5.10 Å². The van der Waals surface area contributed by atoms with Gasteiger partial charge in [0.2, 0.25) is 5.13 Å². The topological polar surface area (TPSA) is 72.7 Å². The normalized spacial score (nSPS) is 10.6. The summed E-state index contributed by atoms with van der Waals surface area (Å²) in [7, 11) is 0. The van der Waals surface area contributed by atoms with Gasteiger partial charge >= 0.3 is 0 Å². The van der Waals surface area contributed by atoms with Crippen molar-refractivity contribution in [2.75, 3.05) is 5.32 Å². The van der Waals surface area contributed by atoms with E-state index in [1.54, 1.807) is 16.8 Å². The zero-order valence-electron chi connectivity index (χ0n) is 11.7. The molecule has 6 nitrogen and oxygen atoms in total. The average molecular weight is 317 g/mol. The molecule has 0 atom stereocenters. The number of anilines is 1. The number of nitrogens with one attached hydrogen (secondary N) is 1. The van der Waals surface area contributed by atoms with Crippen molar-refractivity contribution in [3.05, 3.63) is 53.0 Å². The largest absolute Gasteiger partial charge is 0.296 e. The smallest absolute Gasteiger partial charge is 0.260 e. The standard InChI is InChI=1S/C14H12FN5OS/c1-2-12-11(13(21)18-14-19-16-8-22-14)7-17-20(12)10-5-3-9(15)4-6-10/h3-8H,2H2,1H3,(H,18,19,21). The molecule has 0 aliphatic carbocycles. The van der Waals surface area contributed by atoms with Crippen molar-refractivity contribution in [2.45, 2.75) is 13.3 Å². The zero-order chi connectivity index (χ0) is 15.5. The third-order valence-electron chi connectivity index (χ3n) is 3.10. The number of aromatic nitrogens is 4. The third-order valence-corrected chi connectivity index (χ3v) is 3.71. The Morgan fingerprint density at radius 1 is 1.36 bits per heavy atom. The van der Waals surface area contributed by atoms with E-state index in [2.05, 4.69) is 20.6 Å². The molecule has 0 saturated carbocycles. The van der Waals surface area contributed by atoms with E-state index in [4.69, 9.17) is 0 Å². The van der Waals surface area contributed by atoms with E-state index in [1.807, 2.05) is 6.92 Å². The predicted octanol–water partition coefficient (Wildman–Crippen LogP) is 2.68. The number of amides is 1. The van der Waals surface area contributed by atoms with Crippen LogP contribution in [0.4, 0.5) is 9.52 Å². The van der Waals surface area contributed by atoms with Crippen molar-refractivity contribution in [3.63, 3.8) is 0 Å². The van der Waals surface area contributed by atoms with Crippen molar-refractivity contribution in [1.29, 1.82) is 0 Å². The summed E-state index contributed by atoms with van der Waals surface area (Å²) in [6.07, 6.45) is 2.11. The quantitative estimate of drug-likeness (QED) is 0.803. The molecule has 0 unspecified atom stereocenters. The summed E-state index contributed by atoms with van der Waals surface area (Å²) in [5, 5.41) is 14.8. The van der Waals surface area contributed by atoms with Crippen LogP contribution in [0, 0.1) is 5.82 Å². The Labute approximate surface area is 129 Å². The molecule has 1 aromatic carbocycles. The van der Waals surface area contributed by atoms with Crippen molar-refractivity contribution < 1.29 is 9.18 Å². The number of nitrogens with zero attached hydrogens (tertiary/aromatic N) is 4. The molecule has 8 heteroatoms. The Kier molecular flexibility index (Phi) is 3.92. The second-order valence-electron chi connectivity index (χ2n) is 4.44. The van der Waals surface area contributed by atoms with Crippen LogP contribution >= 0.6 is 11.3 Å². The summed E-state index contributed by atoms with van der Waals surface area (Å²) in [5.74, 6) is -0.606. The zero-order valence-corrected chi connectivity index (χ0v) is 12.5. The van der Waals surface area contributed by atoms with Crippen LogP contribution in [-0.4, -0.2) is 25.9 Å². The fourth-order valence-electron chi connectivity index (χ4n) is 2.10. The van der Waals surface area contributed by atoms with Gasteiger partial charge in [0.15, 0.2) is 0 Å². The molecule has 1 amide bonds. The van der Waals surface area contributed by atoms with E-state index in [0.717, 1.165) is 5.69 Å². The summed E-state index contributed by atoms with van der Waals surface area (Å²) >= 11 is 1.24. The molecule has 0 spiro atoms. The molecule has 0 aliphatic rings. The van der Waals surface area contributed by atoms with Crippen LogP contribution in [0.3, 0.4) is 0 Å². The van der Waals surface area contributed by atoms with Crippen molar-refractivity contribution in [1.82, 2.24) is 20.0 Å². The van der Waals surface area contributed by atoms with Crippen LogP contribution in [0.1, 0.15) is 23.0 Å². The second kappa shape index (κ2) is 6.02. The first-order chi connectivity index (χ1) is 10.7. The Morgan fingerprint density at radius 2 is 2.14 bits per heavy atom. The van der Waals surface area contributed by atoms with Crippen LogP contribution in [0.5, 0.6) is 0 Å². The highest BCUT2D eigenvalue weighted by Gasteiger charge is 2.18. The number of benzene rings is 1. The summed E-state index contributed by atoms with van der Waals surface area (Å²) < 4.78 is 14.7. The highest BCUT2D eigenvalue weighted by atomic mass is 32.1. The number of hydrogen-bond donors (Lipinski definition) is 1. The number of carbonyl (C=O) groups excluding carboxylic acids is 1. The van der Waals surface area contributed by atoms with E-state index < -0.39 is 0 Å². The van der Waals surface area contributed by atoms with Crippen LogP contribution in [0.2, 0.25) is 0 Å². The van der Waals surface area contributed by atoms with Crippen LogP contribution < -0.4 is 5.32 Å². The Balaban J connectivity index is 1.93. The fraction of sp³-hybridized carbons (Fsp3) is 0.143. The lowest BCUT2D eigenvalue weighted by atomic mass is 10.2. The molecular weight excluding hydrogens is 305 g/mol. The predicted molar refractivity (Wildman–Crippen MR) is 80.8 cm³/mol. The number of halogens is 1. The van der Waals surface area contributed by atoms with Gasteiger partial charge in [0, 0.05) is 0 Å². The highest BCUT2D eigenvalue weighted by molar-refractivity contribution is 7.13. The molecule has 0 aliphatic heterocycles. The maximum atomic E-state index is 13.0. The van der Waals surface area contributed by atoms with Gasteiger partial charge in [-0.05, 0) is 30.7 Å². The lowest BCUT2D eigenvalue weighted by Gasteiger charge is -2.07. The van der Waals surface area contributed by atoms with Crippen molar-refractivity contribution in [2.24, 2.45) is 0 Å². The van der Waals surface area contributed by atoms with Crippen molar-refractivity contribution >= 4 is 22.4 Å². The van der Waals surface area contributed by atoms with Gasteiger partial charge < -0.3 is 0 Å². The van der Waals surface area contributed by atoms with E-state index in [-0.39, 0.29) is 11.7 Å². The molecule has 1 N–H and O–H groups in total. The SMILES string of the molecule is CCc1c(C(=O)Nc2nncs2)cnn1-c1ccc(F)cc1. The molecule has 2 aromatic heterocycles. The number of rotatable bonds is 4. The third kappa shape index (κ3) is 2.73. The summed E-state index contributed by atoms with van der Waals surface area (Å²) in [5.41, 5.74) is 3.45. The summed E-state index contributed by atoms with van der Waals surface area (Å²) in [6, 6.07) is 5.96. The molecule has 3 rings (SSSR count). The van der Waals surface area contributed by atoms with E-state index in [9.17, 15) is 9.18 Å². The Bertz CT molecular complexity index is 782. The van der Waals surface area contributed by atoms with Gasteiger partial charge in [0.1, 0.15) is 11.3 Å². The minimum absolute atomic E-state index is 0.290. The lowest BCUT2D eigenvalue weighted by molar-refractivity contribution is 0.102. The number of hydrogen-bond acceptors (Lipinski definition) is 5. The fourth-order valence-corrected chi connectivity index (χ4v) is 2.54. The van der Waals surface area contributed by atoms with Crippen molar-refractivity contribution in [3.8, 4) is 5.69 Å². The highest BCUT2D eigenvalue weighted by Crippen LogP contribution is 2.18. The molecule has 0 radical (unpaired) electrons. The van der Waals surface area contributed by atoms with Crippen LogP contribution in [0.25, 0.3) is 5.69 Å². The van der Waals surface area contributed by atoms with Gasteiger partial charge in [0.05, 0.1) is 23.1 Å². The summed E-state index contributed by atoms with van der Waals surface area (Å²) in [4.78, 5) is 12.3. The second-order valence-corrected chi connectivity index (χ2v) is 5.28. The van der Waals surface area contributed by atoms with Gasteiger partial charge in [-0.3, -0.25) is 10.1 Å². The van der Waals surface area contributed by atoms with Gasteiger partial charge in [0.25, 0.3) is 5.91 Å². The van der Waals surface area contributed by atoms with Gasteiger partial charge in [-0.1, -0.05) is 18.3 Å². The Morgan fingerprint density at radius 3 is 2.77 bits per heavy atom. The molecular formula is C14H12FN5OS. The van der Waals surface area contributed by atoms with Gasteiger partial charge in [-0.25, -0.2) is 9.07 Å². The summed E-state index contributed by atoms with van der Waals surface area (Å²) in [6.45, 7) is 1.93. The first-order valence-corrected chi connectivity index (χ1v) is 7.47. The molecule has 22 heavy (non-hydrogen) atoms. The van der Waals surface area contributed by atoms with E-state index in [1.165, 1.54) is 35.2 Å². The Hall–Kier alpha value is -2.61. The molecule has 112 valence electrons. The molecule has 0 bridgehead atoms. The molecule has 3 aromatic rings. The molecule has 0 fully saturated rings. The maximum absolute atomic E-state index is 13.0. The number of carbonyl (C=O) groups is 1. The molecule has 0 saturated heterocycles. The maximum Gasteiger partial charge on any atom is 0.260 e. The van der Waals surface area contributed by atoms with Gasteiger partial charge in [-0.15, -0.1) is 10.2 Å². The monoisotopic (exact) mass is 317 g/mol. The van der Waals surface area contributed by atoms with Crippen LogP contribution in [0.15, 0.2) is 36.0 Å². The molecule has 2 heterocycles. The first kappa shape index (κ1) is 14.3. The average Bonchev–Trinajstić information content (AvgIpc) is 3.16. The minimum Gasteiger partial charge on any atom is -0.296 e. The minimum atomic E-state index is -0.316. The lowest BCUT2D eigenvalue weighted by Crippen LogP contribution is -2.14.